The molecule has 4 nitrogen and oxygen atoms in total. The van der Waals surface area contributed by atoms with Crippen molar-refractivity contribution in [2.75, 3.05) is 7.11 Å². The zero-order valence-corrected chi connectivity index (χ0v) is 10.0. The predicted molar refractivity (Wildman–Crippen MR) is 60.2 cm³/mol. The summed E-state index contributed by atoms with van der Waals surface area (Å²) in [6, 6.07) is 5.35. The molecule has 2 rings (SSSR count). The zero-order chi connectivity index (χ0) is 11.0. The second-order valence-corrected chi connectivity index (χ2v) is 4.11. The third kappa shape index (κ3) is 1.72. The molecule has 1 aromatic heterocycles. The van der Waals surface area contributed by atoms with Crippen LogP contribution in [0.3, 0.4) is 0 Å². The number of aromatic nitrogens is 2. The van der Waals surface area contributed by atoms with Crippen LogP contribution in [0.25, 0.3) is 10.9 Å². The van der Waals surface area contributed by atoms with Gasteiger partial charge in [0.15, 0.2) is 5.15 Å². The molecule has 0 unspecified atom stereocenters. The van der Waals surface area contributed by atoms with E-state index in [9.17, 15) is 4.79 Å². The van der Waals surface area contributed by atoms with E-state index in [0.717, 1.165) is 9.15 Å². The normalized spacial score (nSPS) is 10.6. The van der Waals surface area contributed by atoms with E-state index >= 15 is 0 Å². The third-order valence-electron chi connectivity index (χ3n) is 1.94. The van der Waals surface area contributed by atoms with E-state index in [4.69, 9.17) is 11.6 Å². The minimum atomic E-state index is -0.561. The summed E-state index contributed by atoms with van der Waals surface area (Å²) in [5.41, 5.74) is 0.620. The van der Waals surface area contributed by atoms with Crippen LogP contribution in [0.2, 0.25) is 5.15 Å². The molecule has 0 N–H and O–H groups in total. The Morgan fingerprint density at radius 2 is 2.33 bits per heavy atom. The van der Waals surface area contributed by atoms with Gasteiger partial charge in [0.2, 0.25) is 0 Å². The van der Waals surface area contributed by atoms with Gasteiger partial charge in [-0.25, -0.2) is 4.79 Å². The van der Waals surface area contributed by atoms with E-state index in [1.165, 1.54) is 7.11 Å². The van der Waals surface area contributed by atoms with Gasteiger partial charge in [0.25, 0.3) is 0 Å². The summed E-state index contributed by atoms with van der Waals surface area (Å²) >= 11 is 9.21. The Morgan fingerprint density at radius 3 is 3.00 bits per heavy atom. The molecule has 0 spiro atoms. The van der Waals surface area contributed by atoms with Crippen molar-refractivity contribution >= 4 is 44.5 Å². The Bertz CT molecular complexity index is 538. The number of hydrogen-bond acceptors (Lipinski definition) is 3. The number of methoxy groups -OCH3 is 1. The van der Waals surface area contributed by atoms with Gasteiger partial charge in [0.05, 0.1) is 12.6 Å². The highest BCUT2D eigenvalue weighted by Gasteiger charge is 2.14. The molecule has 15 heavy (non-hydrogen) atoms. The quantitative estimate of drug-likeness (QED) is 0.748. The SMILES string of the molecule is COC(=O)n1nc(Cl)c2cc(Br)ccc21. The molecule has 1 aromatic carbocycles. The molecule has 0 saturated carbocycles. The van der Waals surface area contributed by atoms with Crippen molar-refractivity contribution in [1.82, 2.24) is 9.78 Å². The Balaban J connectivity index is 2.73. The van der Waals surface area contributed by atoms with Crippen LogP contribution < -0.4 is 0 Å². The lowest BCUT2D eigenvalue weighted by molar-refractivity contribution is 0.170. The van der Waals surface area contributed by atoms with E-state index in [1.54, 1.807) is 18.2 Å². The summed E-state index contributed by atoms with van der Waals surface area (Å²) in [6.45, 7) is 0. The topological polar surface area (TPSA) is 44.1 Å². The van der Waals surface area contributed by atoms with Crippen molar-refractivity contribution in [1.29, 1.82) is 0 Å². The molecule has 0 saturated heterocycles. The summed E-state index contributed by atoms with van der Waals surface area (Å²) in [6.07, 6.45) is -0.561. The van der Waals surface area contributed by atoms with E-state index in [-0.39, 0.29) is 5.15 Å². The Labute approximate surface area is 98.9 Å². The van der Waals surface area contributed by atoms with Crippen molar-refractivity contribution in [2.45, 2.75) is 0 Å². The molecule has 0 radical (unpaired) electrons. The van der Waals surface area contributed by atoms with Gasteiger partial charge >= 0.3 is 6.09 Å². The number of nitrogens with zero attached hydrogens (tertiary/aromatic N) is 2. The summed E-state index contributed by atoms with van der Waals surface area (Å²) in [5.74, 6) is 0. The number of benzene rings is 1. The molecule has 0 aliphatic carbocycles. The zero-order valence-electron chi connectivity index (χ0n) is 7.70. The van der Waals surface area contributed by atoms with Crippen LogP contribution in [0.1, 0.15) is 0 Å². The number of halogens is 2. The maximum Gasteiger partial charge on any atom is 0.435 e. The van der Waals surface area contributed by atoms with Crippen molar-refractivity contribution in [3.8, 4) is 0 Å². The van der Waals surface area contributed by atoms with Crippen LogP contribution in [0, 0.1) is 0 Å². The summed E-state index contributed by atoms with van der Waals surface area (Å²) < 4.78 is 6.58. The fraction of sp³-hybridized carbons (Fsp3) is 0.111. The van der Waals surface area contributed by atoms with E-state index in [0.29, 0.717) is 10.9 Å². The third-order valence-corrected chi connectivity index (χ3v) is 2.72. The van der Waals surface area contributed by atoms with Gasteiger partial charge in [-0.1, -0.05) is 27.5 Å². The number of fused-ring (bicyclic) bond motifs is 1. The van der Waals surface area contributed by atoms with E-state index in [2.05, 4.69) is 25.8 Å². The largest absolute Gasteiger partial charge is 0.451 e. The standard InChI is InChI=1S/C9H6BrClN2O2/c1-15-9(14)13-7-3-2-5(10)4-6(7)8(11)12-13/h2-4H,1H3. The molecular formula is C9H6BrClN2O2. The number of rotatable bonds is 0. The van der Waals surface area contributed by atoms with Crippen molar-refractivity contribution in [3.05, 3.63) is 27.8 Å². The highest BCUT2D eigenvalue weighted by molar-refractivity contribution is 9.10. The Kier molecular flexibility index (Phi) is 2.67. The smallest absolute Gasteiger partial charge is 0.435 e. The van der Waals surface area contributed by atoms with Gasteiger partial charge in [-0.05, 0) is 18.2 Å². The fourth-order valence-electron chi connectivity index (χ4n) is 1.28. The average molecular weight is 290 g/mol. The maximum atomic E-state index is 11.3. The fourth-order valence-corrected chi connectivity index (χ4v) is 1.87. The van der Waals surface area contributed by atoms with Gasteiger partial charge in [-0.15, -0.1) is 5.10 Å². The van der Waals surface area contributed by atoms with Crippen molar-refractivity contribution < 1.29 is 9.53 Å². The summed E-state index contributed by atoms with van der Waals surface area (Å²) in [5, 5.41) is 4.87. The van der Waals surface area contributed by atoms with Crippen LogP contribution in [-0.4, -0.2) is 23.0 Å². The molecule has 0 bridgehead atoms. The molecule has 0 aliphatic heterocycles. The first-order chi connectivity index (χ1) is 7.13. The maximum absolute atomic E-state index is 11.3. The first kappa shape index (κ1) is 10.4. The van der Waals surface area contributed by atoms with E-state index in [1.807, 2.05) is 0 Å². The van der Waals surface area contributed by atoms with Crippen LogP contribution in [0.15, 0.2) is 22.7 Å². The minimum absolute atomic E-state index is 0.275. The van der Waals surface area contributed by atoms with Gasteiger partial charge < -0.3 is 4.74 Å². The molecule has 6 heteroatoms. The van der Waals surface area contributed by atoms with Crippen molar-refractivity contribution in [3.63, 3.8) is 0 Å². The lowest BCUT2D eigenvalue weighted by Crippen LogP contribution is -2.12. The number of carbonyl (C=O) groups excluding carboxylic acids is 1. The Morgan fingerprint density at radius 1 is 1.60 bits per heavy atom. The van der Waals surface area contributed by atoms with Crippen LogP contribution in [-0.2, 0) is 4.74 Å². The predicted octanol–water partition coefficient (Wildman–Crippen LogP) is 3.07. The molecule has 2 aromatic rings. The van der Waals surface area contributed by atoms with Gasteiger partial charge in [-0.2, -0.15) is 4.68 Å². The van der Waals surface area contributed by atoms with Crippen LogP contribution >= 0.6 is 27.5 Å². The summed E-state index contributed by atoms with van der Waals surface area (Å²) in [7, 11) is 1.29. The number of ether oxygens (including phenoxy) is 1. The van der Waals surface area contributed by atoms with Crippen molar-refractivity contribution in [2.24, 2.45) is 0 Å². The van der Waals surface area contributed by atoms with Crippen LogP contribution in [0.4, 0.5) is 4.79 Å². The Hall–Kier alpha value is -1.07. The second kappa shape index (κ2) is 3.83. The molecule has 0 atom stereocenters. The molecule has 78 valence electrons. The second-order valence-electron chi connectivity index (χ2n) is 2.83. The first-order valence-corrected chi connectivity index (χ1v) is 5.22. The van der Waals surface area contributed by atoms with Crippen LogP contribution in [0.5, 0.6) is 0 Å². The summed E-state index contributed by atoms with van der Waals surface area (Å²) in [4.78, 5) is 11.3. The molecule has 0 aliphatic rings. The number of hydrogen-bond donors (Lipinski definition) is 0. The average Bonchev–Trinajstić information content (AvgIpc) is 2.55. The highest BCUT2D eigenvalue weighted by Crippen LogP contribution is 2.26. The van der Waals surface area contributed by atoms with E-state index < -0.39 is 6.09 Å². The minimum Gasteiger partial charge on any atom is -0.451 e. The number of carbonyl (C=O) groups is 1. The lowest BCUT2D eigenvalue weighted by Gasteiger charge is -1.98. The molecular weight excluding hydrogens is 283 g/mol. The van der Waals surface area contributed by atoms with Gasteiger partial charge in [-0.3, -0.25) is 0 Å². The molecule has 0 amide bonds. The lowest BCUT2D eigenvalue weighted by atomic mass is 10.2. The first-order valence-electron chi connectivity index (χ1n) is 4.05. The molecule has 1 heterocycles. The highest BCUT2D eigenvalue weighted by atomic mass is 79.9. The van der Waals surface area contributed by atoms with Gasteiger partial charge in [0, 0.05) is 9.86 Å². The molecule has 0 fully saturated rings. The monoisotopic (exact) mass is 288 g/mol. The van der Waals surface area contributed by atoms with Gasteiger partial charge in [0.1, 0.15) is 0 Å².